The maximum atomic E-state index is 10.8. The zero-order chi connectivity index (χ0) is 16.9. The lowest BCUT2D eigenvalue weighted by Crippen LogP contribution is -2.02. The van der Waals surface area contributed by atoms with Crippen molar-refractivity contribution in [2.24, 2.45) is 0 Å². The lowest BCUT2D eigenvalue weighted by Gasteiger charge is -2.12. The van der Waals surface area contributed by atoms with E-state index in [4.69, 9.17) is 14.6 Å². The summed E-state index contributed by atoms with van der Waals surface area (Å²) in [5.74, 6) is 0.260. The predicted molar refractivity (Wildman–Crippen MR) is 92.6 cm³/mol. The Balaban J connectivity index is 1.76. The zero-order valence-corrected chi connectivity index (χ0v) is 13.4. The van der Waals surface area contributed by atoms with Crippen LogP contribution >= 0.6 is 0 Å². The van der Waals surface area contributed by atoms with Gasteiger partial charge >= 0.3 is 5.97 Å². The molecular formula is C20H18O4. The molecule has 0 radical (unpaired) electrons. The minimum Gasteiger partial charge on any atom is -0.493 e. The number of carbonyl (C=O) groups is 1. The SMILES string of the molecule is COc1cc(CC(=O)O)ccc1OCc1ccc2ccccc2c1. The van der Waals surface area contributed by atoms with E-state index in [9.17, 15) is 4.79 Å². The summed E-state index contributed by atoms with van der Waals surface area (Å²) in [6.45, 7) is 0.416. The normalized spacial score (nSPS) is 10.5. The van der Waals surface area contributed by atoms with E-state index >= 15 is 0 Å². The molecule has 3 aromatic rings. The van der Waals surface area contributed by atoms with Crippen LogP contribution in [0.2, 0.25) is 0 Å². The average Bonchev–Trinajstić information content (AvgIpc) is 2.59. The van der Waals surface area contributed by atoms with Crippen LogP contribution in [-0.4, -0.2) is 18.2 Å². The van der Waals surface area contributed by atoms with Gasteiger partial charge in [-0.25, -0.2) is 0 Å². The van der Waals surface area contributed by atoms with Crippen LogP contribution in [0.5, 0.6) is 11.5 Å². The first-order chi connectivity index (χ1) is 11.7. The summed E-state index contributed by atoms with van der Waals surface area (Å²) in [7, 11) is 1.54. The van der Waals surface area contributed by atoms with E-state index in [0.29, 0.717) is 23.7 Å². The van der Waals surface area contributed by atoms with Crippen LogP contribution in [0.3, 0.4) is 0 Å². The summed E-state index contributed by atoms with van der Waals surface area (Å²) in [6.07, 6.45) is -0.0404. The van der Waals surface area contributed by atoms with Crippen LogP contribution in [0.1, 0.15) is 11.1 Å². The van der Waals surface area contributed by atoms with Gasteiger partial charge in [0.1, 0.15) is 6.61 Å². The largest absolute Gasteiger partial charge is 0.493 e. The van der Waals surface area contributed by atoms with Gasteiger partial charge in [0.15, 0.2) is 11.5 Å². The summed E-state index contributed by atoms with van der Waals surface area (Å²) >= 11 is 0. The number of fused-ring (bicyclic) bond motifs is 1. The number of carboxylic acid groups (broad SMARTS) is 1. The van der Waals surface area contributed by atoms with Crippen LogP contribution in [-0.2, 0) is 17.8 Å². The second-order valence-corrected chi connectivity index (χ2v) is 5.53. The molecule has 0 fully saturated rings. The number of aliphatic carboxylic acids is 1. The minimum atomic E-state index is -0.873. The van der Waals surface area contributed by atoms with Gasteiger partial charge in [-0.05, 0) is 40.1 Å². The molecule has 0 amide bonds. The number of ether oxygens (including phenoxy) is 2. The van der Waals surface area contributed by atoms with Crippen molar-refractivity contribution in [1.82, 2.24) is 0 Å². The third-order valence-corrected chi connectivity index (χ3v) is 3.79. The Morgan fingerprint density at radius 2 is 1.67 bits per heavy atom. The Kier molecular flexibility index (Phi) is 4.66. The lowest BCUT2D eigenvalue weighted by molar-refractivity contribution is -0.136. The van der Waals surface area contributed by atoms with Crippen molar-refractivity contribution in [2.75, 3.05) is 7.11 Å². The number of hydrogen-bond acceptors (Lipinski definition) is 3. The van der Waals surface area contributed by atoms with Crippen molar-refractivity contribution in [2.45, 2.75) is 13.0 Å². The maximum Gasteiger partial charge on any atom is 0.307 e. The molecule has 0 aromatic heterocycles. The number of hydrogen-bond donors (Lipinski definition) is 1. The second kappa shape index (κ2) is 7.04. The molecule has 0 aliphatic carbocycles. The van der Waals surface area contributed by atoms with Crippen molar-refractivity contribution in [3.05, 3.63) is 71.8 Å². The molecular weight excluding hydrogens is 304 g/mol. The van der Waals surface area contributed by atoms with E-state index in [1.165, 1.54) is 10.8 Å². The van der Waals surface area contributed by atoms with Gasteiger partial charge in [0.2, 0.25) is 0 Å². The van der Waals surface area contributed by atoms with Crippen LogP contribution < -0.4 is 9.47 Å². The van der Waals surface area contributed by atoms with Gasteiger partial charge in [-0.3, -0.25) is 4.79 Å². The van der Waals surface area contributed by atoms with Gasteiger partial charge in [0, 0.05) is 0 Å². The topological polar surface area (TPSA) is 55.8 Å². The van der Waals surface area contributed by atoms with Gasteiger partial charge in [0.05, 0.1) is 13.5 Å². The highest BCUT2D eigenvalue weighted by Gasteiger charge is 2.08. The Bertz CT molecular complexity index is 870. The highest BCUT2D eigenvalue weighted by Crippen LogP contribution is 2.29. The van der Waals surface area contributed by atoms with E-state index in [1.807, 2.05) is 18.2 Å². The minimum absolute atomic E-state index is 0.0404. The molecule has 0 aliphatic rings. The third kappa shape index (κ3) is 3.66. The summed E-state index contributed by atoms with van der Waals surface area (Å²) in [5, 5.41) is 11.2. The van der Waals surface area contributed by atoms with Crippen LogP contribution in [0, 0.1) is 0 Å². The lowest BCUT2D eigenvalue weighted by atomic mass is 10.1. The Labute approximate surface area is 140 Å². The highest BCUT2D eigenvalue weighted by atomic mass is 16.5. The summed E-state index contributed by atoms with van der Waals surface area (Å²) < 4.78 is 11.2. The zero-order valence-electron chi connectivity index (χ0n) is 13.4. The van der Waals surface area contributed by atoms with Gasteiger partial charge in [-0.2, -0.15) is 0 Å². The van der Waals surface area contributed by atoms with Crippen molar-refractivity contribution < 1.29 is 19.4 Å². The Morgan fingerprint density at radius 3 is 2.42 bits per heavy atom. The fraction of sp³-hybridized carbons (Fsp3) is 0.150. The summed E-state index contributed by atoms with van der Waals surface area (Å²) in [5.41, 5.74) is 1.74. The fourth-order valence-electron chi connectivity index (χ4n) is 2.61. The van der Waals surface area contributed by atoms with Crippen molar-refractivity contribution in [1.29, 1.82) is 0 Å². The molecule has 3 rings (SSSR count). The van der Waals surface area contributed by atoms with Gasteiger partial charge in [-0.15, -0.1) is 0 Å². The fourth-order valence-corrected chi connectivity index (χ4v) is 2.61. The van der Waals surface area contributed by atoms with Crippen molar-refractivity contribution >= 4 is 16.7 Å². The van der Waals surface area contributed by atoms with Gasteiger partial charge < -0.3 is 14.6 Å². The average molecular weight is 322 g/mol. The molecule has 122 valence electrons. The molecule has 0 saturated carbocycles. The monoisotopic (exact) mass is 322 g/mol. The summed E-state index contributed by atoms with van der Waals surface area (Å²) in [4.78, 5) is 10.8. The quantitative estimate of drug-likeness (QED) is 0.744. The summed E-state index contributed by atoms with van der Waals surface area (Å²) in [6, 6.07) is 19.6. The first kappa shape index (κ1) is 15.9. The van der Waals surface area contributed by atoms with Crippen molar-refractivity contribution in [3.8, 4) is 11.5 Å². The molecule has 4 nitrogen and oxygen atoms in total. The first-order valence-corrected chi connectivity index (χ1v) is 7.65. The standard InChI is InChI=1S/C20H18O4/c1-23-19-11-14(12-20(21)22)7-9-18(19)24-13-15-6-8-16-4-2-3-5-17(16)10-15/h2-11H,12-13H2,1H3,(H,21,22). The van der Waals surface area contributed by atoms with E-state index in [1.54, 1.807) is 25.3 Å². The Hall–Kier alpha value is -3.01. The molecule has 0 spiro atoms. The third-order valence-electron chi connectivity index (χ3n) is 3.79. The van der Waals surface area contributed by atoms with Gasteiger partial charge in [0.25, 0.3) is 0 Å². The number of carboxylic acids is 1. The molecule has 1 N–H and O–H groups in total. The van der Waals surface area contributed by atoms with E-state index in [0.717, 1.165) is 5.56 Å². The molecule has 3 aromatic carbocycles. The molecule has 24 heavy (non-hydrogen) atoms. The van der Waals surface area contributed by atoms with E-state index < -0.39 is 5.97 Å². The second-order valence-electron chi connectivity index (χ2n) is 5.53. The van der Waals surface area contributed by atoms with Crippen molar-refractivity contribution in [3.63, 3.8) is 0 Å². The number of methoxy groups -OCH3 is 1. The molecule has 0 bridgehead atoms. The molecule has 0 saturated heterocycles. The van der Waals surface area contributed by atoms with Crippen LogP contribution in [0.25, 0.3) is 10.8 Å². The van der Waals surface area contributed by atoms with E-state index in [2.05, 4.69) is 24.3 Å². The maximum absolute atomic E-state index is 10.8. The number of benzene rings is 3. The first-order valence-electron chi connectivity index (χ1n) is 7.65. The van der Waals surface area contributed by atoms with Crippen LogP contribution in [0.4, 0.5) is 0 Å². The molecule has 0 unspecified atom stereocenters. The predicted octanol–water partition coefficient (Wildman–Crippen LogP) is 4.05. The van der Waals surface area contributed by atoms with Crippen LogP contribution in [0.15, 0.2) is 60.7 Å². The van der Waals surface area contributed by atoms with E-state index in [-0.39, 0.29) is 6.42 Å². The smallest absolute Gasteiger partial charge is 0.307 e. The highest BCUT2D eigenvalue weighted by molar-refractivity contribution is 5.82. The molecule has 0 heterocycles. The number of rotatable bonds is 6. The molecule has 0 atom stereocenters. The molecule has 0 aliphatic heterocycles. The van der Waals surface area contributed by atoms with Gasteiger partial charge in [-0.1, -0.05) is 42.5 Å². The Morgan fingerprint density at radius 1 is 0.917 bits per heavy atom. The molecule has 4 heteroatoms.